The van der Waals surface area contributed by atoms with E-state index >= 15 is 0 Å². The summed E-state index contributed by atoms with van der Waals surface area (Å²) in [5.41, 5.74) is 0. The van der Waals surface area contributed by atoms with Crippen molar-refractivity contribution in [3.8, 4) is 0 Å². The minimum atomic E-state index is -0.237. The number of fused-ring (bicyclic) bond motifs is 1. The average Bonchev–Trinajstić information content (AvgIpc) is 3.31. The minimum Gasteiger partial charge on any atom is -0.338 e. The molecule has 130 valence electrons. The van der Waals surface area contributed by atoms with E-state index in [1.807, 2.05) is 17.1 Å². The zero-order chi connectivity index (χ0) is 16.7. The van der Waals surface area contributed by atoms with Crippen LogP contribution in [0.4, 0.5) is 0 Å². The van der Waals surface area contributed by atoms with E-state index in [2.05, 4.69) is 0 Å². The Balaban J connectivity index is 1.44. The molecule has 0 N–H and O–H groups in total. The Hall–Kier alpha value is -1.65. The molecular weight excluding hydrogens is 304 g/mol. The van der Waals surface area contributed by atoms with Gasteiger partial charge < -0.3 is 4.90 Å². The zero-order valence-corrected chi connectivity index (χ0v) is 14.2. The molecular formula is C19H26N2O3. The van der Waals surface area contributed by atoms with Gasteiger partial charge in [-0.25, -0.2) is 0 Å². The van der Waals surface area contributed by atoms with Crippen LogP contribution in [0.5, 0.6) is 0 Å². The number of allylic oxidation sites excluding steroid dienone is 2. The lowest BCUT2D eigenvalue weighted by atomic mass is 9.85. The molecule has 3 fully saturated rings. The number of likely N-dealkylation sites (tertiary alicyclic amines) is 2. The molecule has 0 bridgehead atoms. The van der Waals surface area contributed by atoms with Gasteiger partial charge in [0.05, 0.1) is 11.8 Å². The predicted molar refractivity (Wildman–Crippen MR) is 88.8 cm³/mol. The van der Waals surface area contributed by atoms with Crippen LogP contribution in [0, 0.1) is 17.8 Å². The highest BCUT2D eigenvalue weighted by Crippen LogP contribution is 2.37. The van der Waals surface area contributed by atoms with E-state index in [1.165, 1.54) is 30.6 Å². The molecule has 2 aliphatic carbocycles. The average molecular weight is 330 g/mol. The number of amides is 3. The van der Waals surface area contributed by atoms with E-state index in [9.17, 15) is 14.4 Å². The van der Waals surface area contributed by atoms with Gasteiger partial charge in [0, 0.05) is 12.6 Å². The summed E-state index contributed by atoms with van der Waals surface area (Å²) >= 11 is 0. The molecule has 1 saturated carbocycles. The van der Waals surface area contributed by atoms with E-state index < -0.39 is 0 Å². The summed E-state index contributed by atoms with van der Waals surface area (Å²) < 4.78 is 0. The smallest absolute Gasteiger partial charge is 0.243 e. The first-order chi connectivity index (χ1) is 11.7. The van der Waals surface area contributed by atoms with Gasteiger partial charge in [0.25, 0.3) is 0 Å². The molecule has 0 radical (unpaired) electrons. The van der Waals surface area contributed by atoms with Crippen LogP contribution in [-0.4, -0.2) is 46.7 Å². The van der Waals surface area contributed by atoms with Crippen molar-refractivity contribution in [2.24, 2.45) is 17.8 Å². The summed E-state index contributed by atoms with van der Waals surface area (Å²) in [4.78, 5) is 41.1. The number of carbonyl (C=O) groups excluding carboxylic acids is 3. The molecule has 24 heavy (non-hydrogen) atoms. The van der Waals surface area contributed by atoms with Gasteiger partial charge in [0.15, 0.2) is 0 Å². The topological polar surface area (TPSA) is 57.7 Å². The summed E-state index contributed by atoms with van der Waals surface area (Å²) in [5.74, 6) is -0.163. The van der Waals surface area contributed by atoms with E-state index in [4.69, 9.17) is 0 Å². The fraction of sp³-hybridized carbons (Fsp3) is 0.737. The Morgan fingerprint density at radius 2 is 1.58 bits per heavy atom. The third-order valence-electron chi connectivity index (χ3n) is 6.46. The molecule has 2 aliphatic heterocycles. The molecule has 2 heterocycles. The maximum absolute atomic E-state index is 12.8. The molecule has 4 rings (SSSR count). The van der Waals surface area contributed by atoms with Gasteiger partial charge in [-0.3, -0.25) is 19.3 Å². The van der Waals surface area contributed by atoms with Crippen molar-refractivity contribution in [3.63, 3.8) is 0 Å². The van der Waals surface area contributed by atoms with Crippen LogP contribution in [0.15, 0.2) is 12.2 Å². The normalized spacial score (nSPS) is 33.6. The highest BCUT2D eigenvalue weighted by atomic mass is 16.2. The summed E-state index contributed by atoms with van der Waals surface area (Å²) in [6, 6.07) is 0.330. The van der Waals surface area contributed by atoms with Gasteiger partial charge in [-0.05, 0) is 44.4 Å². The molecule has 3 amide bonds. The van der Waals surface area contributed by atoms with Crippen molar-refractivity contribution < 1.29 is 14.4 Å². The monoisotopic (exact) mass is 330 g/mol. The first-order valence-corrected chi connectivity index (χ1v) is 9.46. The second-order valence-electron chi connectivity index (χ2n) is 7.76. The number of rotatable bonds is 3. The second kappa shape index (κ2) is 6.34. The first kappa shape index (κ1) is 15.9. The van der Waals surface area contributed by atoms with Crippen LogP contribution < -0.4 is 0 Å². The molecule has 5 nitrogen and oxygen atoms in total. The van der Waals surface area contributed by atoms with Crippen LogP contribution in [0.3, 0.4) is 0 Å². The highest BCUT2D eigenvalue weighted by Gasteiger charge is 2.48. The Bertz CT molecular complexity index is 553. The molecule has 0 aromatic rings. The second-order valence-corrected chi connectivity index (χ2v) is 7.76. The SMILES string of the molecule is O=C1[C@H]2CC=CC[C@H]2C(=O)N1CC(=O)N1CCC[C@H]1C1CCCC1. The Kier molecular flexibility index (Phi) is 4.19. The number of imide groups is 1. The van der Waals surface area contributed by atoms with E-state index in [0.29, 0.717) is 24.8 Å². The lowest BCUT2D eigenvalue weighted by Gasteiger charge is -2.30. The fourth-order valence-electron chi connectivity index (χ4n) is 5.19. The third kappa shape index (κ3) is 2.58. The molecule has 0 aromatic carbocycles. The summed E-state index contributed by atoms with van der Waals surface area (Å²) in [6.07, 6.45) is 12.3. The standard InChI is InChI=1S/C19H26N2O3/c22-17(20-11-5-10-16(20)13-6-1-2-7-13)12-21-18(23)14-8-3-4-9-15(14)19(21)24/h3-4,13-16H,1-2,5-12H2/t14-,15+,16-/m0/s1. The zero-order valence-electron chi connectivity index (χ0n) is 14.2. The third-order valence-corrected chi connectivity index (χ3v) is 6.46. The van der Waals surface area contributed by atoms with Crippen LogP contribution in [-0.2, 0) is 14.4 Å². The fourth-order valence-corrected chi connectivity index (χ4v) is 5.19. The summed E-state index contributed by atoms with van der Waals surface area (Å²) in [5, 5.41) is 0. The molecule has 0 unspecified atom stereocenters. The molecule has 0 aromatic heterocycles. The molecule has 2 saturated heterocycles. The van der Waals surface area contributed by atoms with E-state index in [-0.39, 0.29) is 36.1 Å². The van der Waals surface area contributed by atoms with Crippen molar-refractivity contribution in [3.05, 3.63) is 12.2 Å². The highest BCUT2D eigenvalue weighted by molar-refractivity contribution is 6.07. The molecule has 0 spiro atoms. The van der Waals surface area contributed by atoms with Crippen molar-refractivity contribution in [2.75, 3.05) is 13.1 Å². The van der Waals surface area contributed by atoms with Gasteiger partial charge in [-0.2, -0.15) is 0 Å². The summed E-state index contributed by atoms with van der Waals surface area (Å²) in [6.45, 7) is 0.735. The molecule has 3 atom stereocenters. The van der Waals surface area contributed by atoms with Gasteiger partial charge in [-0.1, -0.05) is 25.0 Å². The maximum atomic E-state index is 12.8. The van der Waals surface area contributed by atoms with E-state index in [0.717, 1.165) is 19.4 Å². The van der Waals surface area contributed by atoms with Crippen molar-refractivity contribution in [2.45, 2.75) is 57.4 Å². The molecule has 4 aliphatic rings. The van der Waals surface area contributed by atoms with Crippen LogP contribution in [0.2, 0.25) is 0 Å². The number of carbonyl (C=O) groups is 3. The number of nitrogens with zero attached hydrogens (tertiary/aromatic N) is 2. The lowest BCUT2D eigenvalue weighted by Crippen LogP contribution is -2.46. The largest absolute Gasteiger partial charge is 0.338 e. The van der Waals surface area contributed by atoms with Crippen LogP contribution >= 0.6 is 0 Å². The quantitative estimate of drug-likeness (QED) is 0.588. The maximum Gasteiger partial charge on any atom is 0.243 e. The van der Waals surface area contributed by atoms with Crippen LogP contribution in [0.25, 0.3) is 0 Å². The van der Waals surface area contributed by atoms with Gasteiger partial charge >= 0.3 is 0 Å². The number of hydrogen-bond acceptors (Lipinski definition) is 3. The van der Waals surface area contributed by atoms with Gasteiger partial charge in [0.1, 0.15) is 6.54 Å². The summed E-state index contributed by atoms with van der Waals surface area (Å²) in [7, 11) is 0. The molecule has 5 heteroatoms. The van der Waals surface area contributed by atoms with Crippen LogP contribution in [0.1, 0.15) is 51.4 Å². The predicted octanol–water partition coefficient (Wildman–Crippen LogP) is 2.12. The Morgan fingerprint density at radius 1 is 0.958 bits per heavy atom. The first-order valence-electron chi connectivity index (χ1n) is 9.46. The minimum absolute atomic E-state index is 0.0299. The number of hydrogen-bond donors (Lipinski definition) is 0. The van der Waals surface area contributed by atoms with Gasteiger partial charge in [-0.15, -0.1) is 0 Å². The van der Waals surface area contributed by atoms with E-state index in [1.54, 1.807) is 0 Å². The lowest BCUT2D eigenvalue weighted by molar-refractivity contribution is -0.147. The van der Waals surface area contributed by atoms with Crippen molar-refractivity contribution in [1.29, 1.82) is 0 Å². The Morgan fingerprint density at radius 3 is 2.21 bits per heavy atom. The van der Waals surface area contributed by atoms with Crippen molar-refractivity contribution >= 4 is 17.7 Å². The Labute approximate surface area is 143 Å². The van der Waals surface area contributed by atoms with Gasteiger partial charge in [0.2, 0.25) is 17.7 Å². The van der Waals surface area contributed by atoms with Crippen molar-refractivity contribution in [1.82, 2.24) is 9.80 Å².